The van der Waals surface area contributed by atoms with Crippen molar-refractivity contribution in [3.05, 3.63) is 32.4 Å². The molecule has 0 saturated carbocycles. The molecular weight excluding hydrogens is 346 g/mol. The molecule has 0 unspecified atom stereocenters. The van der Waals surface area contributed by atoms with E-state index in [0.29, 0.717) is 5.49 Å². The van der Waals surface area contributed by atoms with E-state index in [2.05, 4.69) is 36.8 Å². The van der Waals surface area contributed by atoms with Crippen LogP contribution in [0.1, 0.15) is 18.7 Å². The smallest absolute Gasteiger partial charge is 0.136 e. The van der Waals surface area contributed by atoms with E-state index in [9.17, 15) is 0 Å². The van der Waals surface area contributed by atoms with Gasteiger partial charge in [0.1, 0.15) is 11.3 Å². The molecule has 0 saturated heterocycles. The van der Waals surface area contributed by atoms with Crippen LogP contribution in [-0.4, -0.2) is 9.55 Å². The van der Waals surface area contributed by atoms with E-state index in [4.69, 9.17) is 5.41 Å². The fourth-order valence-corrected chi connectivity index (χ4v) is 3.16. The van der Waals surface area contributed by atoms with Gasteiger partial charge in [0.25, 0.3) is 0 Å². The molecule has 1 N–H and O–H groups in total. The van der Waals surface area contributed by atoms with Crippen LogP contribution < -0.4 is 5.49 Å². The quantitative estimate of drug-likeness (QED) is 0.772. The lowest BCUT2D eigenvalue weighted by atomic mass is 10.1. The van der Waals surface area contributed by atoms with Crippen LogP contribution >= 0.6 is 31.9 Å². The van der Waals surface area contributed by atoms with Crippen molar-refractivity contribution < 1.29 is 0 Å². The Bertz CT molecular complexity index is 661. The largest absolute Gasteiger partial charge is 0.314 e. The SMILES string of the molecule is N=c1c2c(Br)c(Br)ccc2nc2n1CCCC2. The average molecular weight is 357 g/mol. The molecule has 2 heterocycles. The first kappa shape index (κ1) is 11.4. The molecular formula is C12H11Br2N3. The molecule has 0 amide bonds. The molecule has 0 aliphatic carbocycles. The van der Waals surface area contributed by atoms with Gasteiger partial charge >= 0.3 is 0 Å². The number of benzene rings is 1. The van der Waals surface area contributed by atoms with Crippen LogP contribution in [0.25, 0.3) is 10.9 Å². The molecule has 1 aromatic carbocycles. The molecule has 1 aliphatic rings. The van der Waals surface area contributed by atoms with Gasteiger partial charge in [0, 0.05) is 21.9 Å². The summed E-state index contributed by atoms with van der Waals surface area (Å²) in [5, 5.41) is 9.22. The summed E-state index contributed by atoms with van der Waals surface area (Å²) in [6, 6.07) is 3.94. The molecule has 0 atom stereocenters. The molecule has 88 valence electrons. The molecule has 2 aromatic rings. The molecule has 1 aliphatic heterocycles. The van der Waals surface area contributed by atoms with Crippen molar-refractivity contribution in [2.75, 3.05) is 0 Å². The Labute approximate surface area is 116 Å². The normalized spacial score (nSPS) is 14.9. The Balaban J connectivity index is 2.45. The van der Waals surface area contributed by atoms with Crippen molar-refractivity contribution in [1.82, 2.24) is 9.55 Å². The van der Waals surface area contributed by atoms with E-state index >= 15 is 0 Å². The average Bonchev–Trinajstić information content (AvgIpc) is 2.34. The summed E-state index contributed by atoms with van der Waals surface area (Å²) < 4.78 is 3.92. The second-order valence-corrected chi connectivity index (χ2v) is 5.89. The summed E-state index contributed by atoms with van der Waals surface area (Å²) in [5.41, 5.74) is 1.47. The van der Waals surface area contributed by atoms with Gasteiger partial charge in [-0.1, -0.05) is 0 Å². The second kappa shape index (κ2) is 4.21. The van der Waals surface area contributed by atoms with Crippen molar-refractivity contribution in [2.45, 2.75) is 25.8 Å². The number of halogens is 2. The lowest BCUT2D eigenvalue weighted by Crippen LogP contribution is -2.28. The minimum absolute atomic E-state index is 0.567. The van der Waals surface area contributed by atoms with Gasteiger partial charge in [-0.15, -0.1) is 0 Å². The van der Waals surface area contributed by atoms with Crippen molar-refractivity contribution in [1.29, 1.82) is 5.41 Å². The highest BCUT2D eigenvalue weighted by molar-refractivity contribution is 9.13. The third kappa shape index (κ3) is 1.76. The van der Waals surface area contributed by atoms with Crippen LogP contribution in [0, 0.1) is 5.41 Å². The van der Waals surface area contributed by atoms with E-state index in [0.717, 1.165) is 45.1 Å². The number of aryl methyl sites for hydroxylation is 1. The fourth-order valence-electron chi connectivity index (χ4n) is 2.31. The Morgan fingerprint density at radius 2 is 2.06 bits per heavy atom. The van der Waals surface area contributed by atoms with Crippen molar-refractivity contribution >= 4 is 42.8 Å². The maximum atomic E-state index is 8.33. The van der Waals surface area contributed by atoms with Gasteiger partial charge in [-0.3, -0.25) is 5.41 Å². The molecule has 3 rings (SSSR count). The molecule has 5 heteroatoms. The van der Waals surface area contributed by atoms with Crippen molar-refractivity contribution in [3.8, 4) is 0 Å². The van der Waals surface area contributed by atoms with Crippen LogP contribution in [0.2, 0.25) is 0 Å². The lowest BCUT2D eigenvalue weighted by molar-refractivity contribution is 0.493. The van der Waals surface area contributed by atoms with Crippen LogP contribution in [-0.2, 0) is 13.0 Å². The van der Waals surface area contributed by atoms with Gasteiger partial charge in [-0.2, -0.15) is 0 Å². The van der Waals surface area contributed by atoms with Gasteiger partial charge in [-0.25, -0.2) is 4.98 Å². The molecule has 0 radical (unpaired) electrons. The third-order valence-corrected chi connectivity index (χ3v) is 5.19. The van der Waals surface area contributed by atoms with E-state index in [1.54, 1.807) is 0 Å². The number of hydrogen-bond donors (Lipinski definition) is 1. The zero-order valence-corrected chi connectivity index (χ0v) is 12.3. The molecule has 1 aromatic heterocycles. The minimum Gasteiger partial charge on any atom is -0.314 e. The van der Waals surface area contributed by atoms with Gasteiger partial charge in [0.2, 0.25) is 0 Å². The highest BCUT2D eigenvalue weighted by Gasteiger charge is 2.15. The third-order valence-electron chi connectivity index (χ3n) is 3.17. The monoisotopic (exact) mass is 355 g/mol. The van der Waals surface area contributed by atoms with Gasteiger partial charge in [0.15, 0.2) is 0 Å². The molecule has 3 nitrogen and oxygen atoms in total. The number of aromatic nitrogens is 2. The van der Waals surface area contributed by atoms with E-state index in [1.807, 2.05) is 16.7 Å². The van der Waals surface area contributed by atoms with Crippen molar-refractivity contribution in [3.63, 3.8) is 0 Å². The first-order valence-corrected chi connectivity index (χ1v) is 7.19. The fraction of sp³-hybridized carbons (Fsp3) is 0.333. The minimum atomic E-state index is 0.567. The van der Waals surface area contributed by atoms with Gasteiger partial charge in [0.05, 0.1) is 10.9 Å². The van der Waals surface area contributed by atoms with Gasteiger partial charge in [-0.05, 0) is 56.8 Å². The molecule has 0 bridgehead atoms. The van der Waals surface area contributed by atoms with E-state index in [1.165, 1.54) is 6.42 Å². The lowest BCUT2D eigenvalue weighted by Gasteiger charge is -2.19. The Kier molecular flexibility index (Phi) is 2.83. The first-order chi connectivity index (χ1) is 8.18. The highest BCUT2D eigenvalue weighted by atomic mass is 79.9. The number of rotatable bonds is 0. The summed E-state index contributed by atoms with van der Waals surface area (Å²) in [4.78, 5) is 4.67. The number of nitrogens with one attached hydrogen (secondary N) is 1. The molecule has 17 heavy (non-hydrogen) atoms. The van der Waals surface area contributed by atoms with Crippen molar-refractivity contribution in [2.24, 2.45) is 0 Å². The maximum Gasteiger partial charge on any atom is 0.136 e. The summed E-state index contributed by atoms with van der Waals surface area (Å²) in [6.45, 7) is 0.913. The molecule has 0 spiro atoms. The predicted octanol–water partition coefficient (Wildman–Crippen LogP) is 3.38. The number of nitrogens with zero attached hydrogens (tertiary/aromatic N) is 2. The number of fused-ring (bicyclic) bond motifs is 2. The topological polar surface area (TPSA) is 41.7 Å². The zero-order valence-electron chi connectivity index (χ0n) is 9.13. The van der Waals surface area contributed by atoms with Crippen LogP contribution in [0.3, 0.4) is 0 Å². The highest BCUT2D eigenvalue weighted by Crippen LogP contribution is 2.29. The number of hydrogen-bond acceptors (Lipinski definition) is 2. The standard InChI is InChI=1S/C12H11Br2N3/c13-7-4-5-8-10(11(7)14)12(15)17-6-2-1-3-9(17)16-8/h4-5,15H,1-3,6H2. The molecule has 0 fully saturated rings. The van der Waals surface area contributed by atoms with Gasteiger partial charge < -0.3 is 4.57 Å². The van der Waals surface area contributed by atoms with E-state index < -0.39 is 0 Å². The zero-order chi connectivity index (χ0) is 12.0. The Morgan fingerprint density at radius 1 is 1.24 bits per heavy atom. The van der Waals surface area contributed by atoms with Crippen LogP contribution in [0.4, 0.5) is 0 Å². The second-order valence-electron chi connectivity index (χ2n) is 4.24. The summed E-state index contributed by atoms with van der Waals surface area (Å²) in [5.74, 6) is 1.04. The van der Waals surface area contributed by atoms with E-state index in [-0.39, 0.29) is 0 Å². The van der Waals surface area contributed by atoms with Crippen LogP contribution in [0.15, 0.2) is 21.1 Å². The Hall–Kier alpha value is -0.680. The van der Waals surface area contributed by atoms with Crippen LogP contribution in [0.5, 0.6) is 0 Å². The Morgan fingerprint density at radius 3 is 2.88 bits per heavy atom. The first-order valence-electron chi connectivity index (χ1n) is 5.60. The predicted molar refractivity (Wildman–Crippen MR) is 73.9 cm³/mol. The summed E-state index contributed by atoms with van der Waals surface area (Å²) in [7, 11) is 0. The summed E-state index contributed by atoms with van der Waals surface area (Å²) >= 11 is 7.02. The maximum absolute atomic E-state index is 8.33. The summed E-state index contributed by atoms with van der Waals surface area (Å²) in [6.07, 6.45) is 3.30.